The van der Waals surface area contributed by atoms with Crippen LogP contribution in [0.3, 0.4) is 0 Å². The molecule has 208 valence electrons. The molecule has 0 radical (unpaired) electrons. The molecule has 2 aromatic carbocycles. The maximum absolute atomic E-state index is 13.2. The minimum atomic E-state index is -1.50. The zero-order chi connectivity index (χ0) is 27.1. The van der Waals surface area contributed by atoms with Crippen molar-refractivity contribution in [1.29, 1.82) is 0 Å². The molecule has 1 fully saturated rings. The number of aliphatic hydroxyl groups is 1. The number of aliphatic hydroxyl groups excluding tert-OH is 1. The first kappa shape index (κ1) is 26.9. The molecule has 1 spiro atoms. The van der Waals surface area contributed by atoms with Gasteiger partial charge < -0.3 is 14.7 Å². The quantitative estimate of drug-likeness (QED) is 0.420. The molecule has 39 heavy (non-hydrogen) atoms. The summed E-state index contributed by atoms with van der Waals surface area (Å²) in [6, 6.07) is 11.8. The molecule has 6 atom stereocenters. The highest BCUT2D eigenvalue weighted by Crippen LogP contribution is 2.46. The highest BCUT2D eigenvalue weighted by Gasteiger charge is 2.44. The molecule has 6 unspecified atom stereocenters. The minimum absolute atomic E-state index is 0.194. The Morgan fingerprint density at radius 1 is 1.18 bits per heavy atom. The van der Waals surface area contributed by atoms with Crippen molar-refractivity contribution in [1.82, 2.24) is 4.72 Å². The van der Waals surface area contributed by atoms with Crippen molar-refractivity contribution < 1.29 is 18.8 Å². The summed E-state index contributed by atoms with van der Waals surface area (Å²) in [6.07, 6.45) is 9.96. The topological polar surface area (TPSA) is 78.9 Å². The van der Waals surface area contributed by atoms with Crippen molar-refractivity contribution >= 4 is 34.2 Å². The number of carbonyl (C=O) groups excluding carboxylic acids is 1. The van der Waals surface area contributed by atoms with Gasteiger partial charge in [-0.3, -0.25) is 9.52 Å². The smallest absolute Gasteiger partial charge is 0.263 e. The highest BCUT2D eigenvalue weighted by atomic mass is 35.5. The van der Waals surface area contributed by atoms with E-state index in [2.05, 4.69) is 21.8 Å². The Balaban J connectivity index is 1.41. The van der Waals surface area contributed by atoms with Crippen LogP contribution in [-0.2, 0) is 22.8 Å². The predicted molar refractivity (Wildman–Crippen MR) is 156 cm³/mol. The second-order valence-corrected chi connectivity index (χ2v) is 13.9. The molecule has 8 heteroatoms. The van der Waals surface area contributed by atoms with Crippen LogP contribution in [0.2, 0.25) is 5.02 Å². The molecule has 4 aliphatic rings. The number of benzene rings is 2. The van der Waals surface area contributed by atoms with E-state index in [-0.39, 0.29) is 22.5 Å². The zero-order valence-corrected chi connectivity index (χ0v) is 24.0. The number of hydrogen-bond donors (Lipinski definition) is 2. The zero-order valence-electron chi connectivity index (χ0n) is 22.4. The van der Waals surface area contributed by atoms with E-state index >= 15 is 0 Å². The fourth-order valence-electron chi connectivity index (χ4n) is 6.88. The van der Waals surface area contributed by atoms with Gasteiger partial charge in [0.2, 0.25) is 0 Å². The second kappa shape index (κ2) is 10.9. The average molecular weight is 569 g/mol. The predicted octanol–water partition coefficient (Wildman–Crippen LogP) is 5.33. The molecule has 0 aromatic heterocycles. The van der Waals surface area contributed by atoms with Crippen molar-refractivity contribution in [2.24, 2.45) is 11.8 Å². The standard InChI is InChI=1S/C31H37ClN2O4S/c1-20-5-2-3-7-28(35)25-11-8-23(25)17-34-18-31(14-4-6-21-15-24(32)10-12-26(21)31)19-38-29-13-9-22(16-27(29)34)30(36)33-39(20)37/h3,7,9-10,12-13,15-16,20,23,25,28,35H,2,4-6,8,11,14,17-19H2,1H3,(H,33,36)/b7-3+. The fraction of sp³-hybridized carbons (Fsp3) is 0.516. The molecule has 2 N–H and O–H groups in total. The summed E-state index contributed by atoms with van der Waals surface area (Å²) in [5.41, 5.74) is 3.76. The number of carbonyl (C=O) groups is 1. The van der Waals surface area contributed by atoms with Gasteiger partial charge in [-0.1, -0.05) is 29.8 Å². The van der Waals surface area contributed by atoms with Crippen LogP contribution < -0.4 is 14.4 Å². The van der Waals surface area contributed by atoms with Gasteiger partial charge in [0.15, 0.2) is 0 Å². The van der Waals surface area contributed by atoms with Crippen molar-refractivity contribution in [3.05, 3.63) is 70.3 Å². The number of hydrogen-bond acceptors (Lipinski definition) is 5. The summed E-state index contributed by atoms with van der Waals surface area (Å²) in [6.45, 7) is 3.98. The molecule has 0 saturated heterocycles. The van der Waals surface area contributed by atoms with E-state index in [0.717, 1.165) is 61.7 Å². The number of fused-ring (bicyclic) bond motifs is 4. The number of nitrogens with zero attached hydrogens (tertiary/aromatic N) is 1. The van der Waals surface area contributed by atoms with Crippen LogP contribution in [0.4, 0.5) is 5.69 Å². The van der Waals surface area contributed by atoms with Crippen LogP contribution >= 0.6 is 11.6 Å². The number of nitrogens with one attached hydrogen (secondary N) is 1. The minimum Gasteiger partial charge on any atom is -0.490 e. The van der Waals surface area contributed by atoms with Crippen LogP contribution in [0, 0.1) is 11.8 Å². The van der Waals surface area contributed by atoms with Crippen molar-refractivity contribution in [3.63, 3.8) is 0 Å². The molecule has 2 aliphatic heterocycles. The van der Waals surface area contributed by atoms with Crippen LogP contribution in [0.1, 0.15) is 66.9 Å². The van der Waals surface area contributed by atoms with Gasteiger partial charge in [-0.05, 0) is 105 Å². The Labute approximate surface area is 238 Å². The van der Waals surface area contributed by atoms with Gasteiger partial charge in [0.05, 0.1) is 23.6 Å². The first-order valence-electron chi connectivity index (χ1n) is 14.2. The first-order valence-corrected chi connectivity index (χ1v) is 15.8. The molecule has 1 amide bonds. The molecule has 2 aliphatic carbocycles. The largest absolute Gasteiger partial charge is 0.490 e. The number of amides is 1. The number of halogens is 1. The normalized spacial score (nSPS) is 33.6. The van der Waals surface area contributed by atoms with Crippen molar-refractivity contribution in [2.75, 3.05) is 24.6 Å². The lowest BCUT2D eigenvalue weighted by Crippen LogP contribution is -2.49. The molecule has 6 rings (SSSR count). The molecule has 2 aromatic rings. The van der Waals surface area contributed by atoms with Crippen LogP contribution in [0.5, 0.6) is 5.75 Å². The molecule has 2 bridgehead atoms. The van der Waals surface area contributed by atoms with Crippen molar-refractivity contribution in [2.45, 2.75) is 68.6 Å². The van der Waals surface area contributed by atoms with E-state index < -0.39 is 17.1 Å². The fourth-order valence-corrected chi connectivity index (χ4v) is 7.92. The van der Waals surface area contributed by atoms with Gasteiger partial charge in [0.1, 0.15) is 16.7 Å². The van der Waals surface area contributed by atoms with E-state index in [1.165, 1.54) is 11.1 Å². The van der Waals surface area contributed by atoms with Crippen LogP contribution in [0.25, 0.3) is 0 Å². The third kappa shape index (κ3) is 5.25. The van der Waals surface area contributed by atoms with Gasteiger partial charge in [0.25, 0.3) is 5.91 Å². The van der Waals surface area contributed by atoms with Gasteiger partial charge >= 0.3 is 0 Å². The van der Waals surface area contributed by atoms with Gasteiger partial charge in [-0.15, -0.1) is 0 Å². The number of aryl methyl sites for hydroxylation is 1. The SMILES string of the molecule is CC1CC/C=C/C(O)C2CCC2CN2CC3(CCCc4cc(Cl)ccc43)COc3ccc(cc32)C(=O)NS1=O. The lowest BCUT2D eigenvalue weighted by molar-refractivity contribution is 0.0456. The van der Waals surface area contributed by atoms with Crippen LogP contribution in [0.15, 0.2) is 48.6 Å². The number of rotatable bonds is 0. The summed E-state index contributed by atoms with van der Waals surface area (Å²) >= 11 is 6.38. The summed E-state index contributed by atoms with van der Waals surface area (Å²) in [4.78, 5) is 15.6. The first-order chi connectivity index (χ1) is 18.8. The number of ether oxygens (including phenoxy) is 1. The monoisotopic (exact) mass is 568 g/mol. The highest BCUT2D eigenvalue weighted by molar-refractivity contribution is 7.84. The maximum atomic E-state index is 13.2. The van der Waals surface area contributed by atoms with E-state index in [0.29, 0.717) is 30.9 Å². The summed E-state index contributed by atoms with van der Waals surface area (Å²) in [5, 5.41) is 11.6. The molecular formula is C31H37ClN2O4S. The van der Waals surface area contributed by atoms with E-state index in [4.69, 9.17) is 16.3 Å². The van der Waals surface area contributed by atoms with Gasteiger partial charge in [0, 0.05) is 29.1 Å². The summed E-state index contributed by atoms with van der Waals surface area (Å²) < 4.78 is 22.1. The maximum Gasteiger partial charge on any atom is 0.263 e. The molecule has 1 saturated carbocycles. The second-order valence-electron chi connectivity index (χ2n) is 11.8. The van der Waals surface area contributed by atoms with E-state index in [1.807, 2.05) is 37.3 Å². The Morgan fingerprint density at radius 2 is 2.05 bits per heavy atom. The van der Waals surface area contributed by atoms with E-state index in [9.17, 15) is 14.1 Å². The van der Waals surface area contributed by atoms with Crippen LogP contribution in [-0.4, -0.2) is 46.3 Å². The molecule has 6 nitrogen and oxygen atoms in total. The number of allylic oxidation sites excluding steroid dienone is 1. The van der Waals surface area contributed by atoms with Crippen molar-refractivity contribution in [3.8, 4) is 5.75 Å². The lowest BCUT2D eigenvalue weighted by atomic mass is 9.68. The Morgan fingerprint density at radius 3 is 2.87 bits per heavy atom. The Bertz CT molecular complexity index is 1320. The van der Waals surface area contributed by atoms with Gasteiger partial charge in [-0.2, -0.15) is 0 Å². The average Bonchev–Trinajstić information content (AvgIpc) is 3.05. The number of anilines is 1. The summed E-state index contributed by atoms with van der Waals surface area (Å²) in [5.74, 6) is 0.974. The van der Waals surface area contributed by atoms with Gasteiger partial charge in [-0.25, -0.2) is 4.21 Å². The Hall–Kier alpha value is -2.35. The molecular weight excluding hydrogens is 532 g/mol. The Kier molecular flexibility index (Phi) is 7.51. The van der Waals surface area contributed by atoms with E-state index in [1.54, 1.807) is 6.07 Å². The third-order valence-electron chi connectivity index (χ3n) is 9.30. The molecule has 2 heterocycles. The lowest BCUT2D eigenvalue weighted by Gasteiger charge is -2.45. The summed E-state index contributed by atoms with van der Waals surface area (Å²) in [7, 11) is -1.50. The third-order valence-corrected chi connectivity index (χ3v) is 10.9.